The van der Waals surface area contributed by atoms with Crippen LogP contribution in [0.4, 0.5) is 0 Å². The molecule has 0 bridgehead atoms. The number of hydrogen-bond acceptors (Lipinski definition) is 3. The number of benzene rings is 1. The molecule has 2 aliphatic rings. The number of nitrogens with zero attached hydrogens (tertiary/aromatic N) is 1. The minimum absolute atomic E-state index is 0.429. The second-order valence-electron chi connectivity index (χ2n) is 5.61. The lowest BCUT2D eigenvalue weighted by molar-refractivity contribution is 0.0154. The summed E-state index contributed by atoms with van der Waals surface area (Å²) in [5.74, 6) is 0.608. The van der Waals surface area contributed by atoms with Gasteiger partial charge in [0.1, 0.15) is 0 Å². The molecule has 4 heteroatoms. The topological polar surface area (TPSA) is 12.5 Å². The van der Waals surface area contributed by atoms with Gasteiger partial charge in [-0.15, -0.1) is 23.4 Å². The molecule has 0 aromatic heterocycles. The first-order valence-corrected chi connectivity index (χ1v) is 8.91. The zero-order chi connectivity index (χ0) is 13.8. The van der Waals surface area contributed by atoms with E-state index in [9.17, 15) is 0 Å². The summed E-state index contributed by atoms with van der Waals surface area (Å²) in [6.45, 7) is 4.24. The standard InChI is InChI=1S/C16H22ClNOS/c17-7-10-19-14-5-8-18(9-6-14)12-15-11-13-3-1-2-4-16(13)20-15/h1-4,14-15H,5-12H2. The van der Waals surface area contributed by atoms with E-state index in [1.807, 2.05) is 0 Å². The first-order chi connectivity index (χ1) is 9.85. The van der Waals surface area contributed by atoms with E-state index < -0.39 is 0 Å². The molecule has 0 aliphatic carbocycles. The van der Waals surface area contributed by atoms with Crippen molar-refractivity contribution in [2.24, 2.45) is 0 Å². The lowest BCUT2D eigenvalue weighted by Gasteiger charge is -2.33. The summed E-state index contributed by atoms with van der Waals surface area (Å²) in [7, 11) is 0. The number of thioether (sulfide) groups is 1. The molecule has 0 radical (unpaired) electrons. The summed E-state index contributed by atoms with van der Waals surface area (Å²) in [4.78, 5) is 4.09. The van der Waals surface area contributed by atoms with Crippen LogP contribution in [0.2, 0.25) is 0 Å². The Morgan fingerprint density at radius 2 is 2.05 bits per heavy atom. The molecule has 0 amide bonds. The second-order valence-corrected chi connectivity index (χ2v) is 7.33. The normalized spacial score (nSPS) is 23.9. The molecule has 0 saturated carbocycles. The van der Waals surface area contributed by atoms with Gasteiger partial charge in [-0.05, 0) is 30.9 Å². The minimum Gasteiger partial charge on any atom is -0.377 e. The smallest absolute Gasteiger partial charge is 0.0605 e. The summed E-state index contributed by atoms with van der Waals surface area (Å²) < 4.78 is 5.74. The van der Waals surface area contributed by atoms with Crippen molar-refractivity contribution in [3.05, 3.63) is 29.8 Å². The number of ether oxygens (including phenoxy) is 1. The van der Waals surface area contributed by atoms with E-state index in [1.165, 1.54) is 36.5 Å². The molecule has 1 aromatic rings. The maximum Gasteiger partial charge on any atom is 0.0605 e. The SMILES string of the molecule is ClCCOC1CCN(CC2Cc3ccccc3S2)CC1. The Bertz CT molecular complexity index is 409. The third-order valence-electron chi connectivity index (χ3n) is 4.14. The highest BCUT2D eigenvalue weighted by Gasteiger charge is 2.26. The molecule has 1 unspecified atom stereocenters. The Kier molecular flexibility index (Phi) is 5.27. The Morgan fingerprint density at radius 3 is 2.80 bits per heavy atom. The summed E-state index contributed by atoms with van der Waals surface area (Å²) >= 11 is 7.72. The molecule has 0 spiro atoms. The average Bonchev–Trinajstić information content (AvgIpc) is 2.89. The number of likely N-dealkylation sites (tertiary alicyclic amines) is 1. The molecule has 2 nitrogen and oxygen atoms in total. The lowest BCUT2D eigenvalue weighted by atomic mass is 10.1. The molecule has 0 N–H and O–H groups in total. The van der Waals surface area contributed by atoms with Gasteiger partial charge in [0.25, 0.3) is 0 Å². The quantitative estimate of drug-likeness (QED) is 0.773. The molecule has 20 heavy (non-hydrogen) atoms. The predicted molar refractivity (Wildman–Crippen MR) is 85.9 cm³/mol. The van der Waals surface area contributed by atoms with Crippen LogP contribution in [0.3, 0.4) is 0 Å². The van der Waals surface area contributed by atoms with Gasteiger partial charge in [0.05, 0.1) is 12.7 Å². The van der Waals surface area contributed by atoms with E-state index in [4.69, 9.17) is 16.3 Å². The Labute approximate surface area is 130 Å². The van der Waals surface area contributed by atoms with Crippen LogP contribution in [0, 0.1) is 0 Å². The van der Waals surface area contributed by atoms with Crippen molar-refractivity contribution in [1.82, 2.24) is 4.90 Å². The Balaban J connectivity index is 1.43. The van der Waals surface area contributed by atoms with Gasteiger partial charge in [0.15, 0.2) is 0 Å². The molecule has 2 heterocycles. The van der Waals surface area contributed by atoms with Crippen LogP contribution < -0.4 is 0 Å². The maximum atomic E-state index is 5.74. The van der Waals surface area contributed by atoms with Gasteiger partial charge in [0.2, 0.25) is 0 Å². The van der Waals surface area contributed by atoms with Crippen LogP contribution in [0.1, 0.15) is 18.4 Å². The van der Waals surface area contributed by atoms with E-state index in [-0.39, 0.29) is 0 Å². The Morgan fingerprint density at radius 1 is 1.25 bits per heavy atom. The van der Waals surface area contributed by atoms with Gasteiger partial charge in [0, 0.05) is 35.7 Å². The molecule has 110 valence electrons. The third-order valence-corrected chi connectivity index (χ3v) is 5.60. The van der Waals surface area contributed by atoms with Crippen molar-refractivity contribution >= 4 is 23.4 Å². The number of rotatable bonds is 5. The van der Waals surface area contributed by atoms with Crippen molar-refractivity contribution in [2.45, 2.75) is 35.5 Å². The van der Waals surface area contributed by atoms with Crippen LogP contribution in [-0.2, 0) is 11.2 Å². The fraction of sp³-hybridized carbons (Fsp3) is 0.625. The fourth-order valence-corrected chi connectivity index (χ4v) is 4.57. The van der Waals surface area contributed by atoms with Crippen LogP contribution in [0.25, 0.3) is 0 Å². The predicted octanol–water partition coefficient (Wildman–Crippen LogP) is 3.42. The number of halogens is 1. The zero-order valence-electron chi connectivity index (χ0n) is 11.8. The molecule has 1 saturated heterocycles. The number of piperidine rings is 1. The monoisotopic (exact) mass is 311 g/mol. The van der Waals surface area contributed by atoms with Crippen molar-refractivity contribution < 1.29 is 4.74 Å². The van der Waals surface area contributed by atoms with Crippen LogP contribution in [-0.4, -0.2) is 48.4 Å². The highest BCUT2D eigenvalue weighted by molar-refractivity contribution is 8.00. The van der Waals surface area contributed by atoms with E-state index >= 15 is 0 Å². The number of fused-ring (bicyclic) bond motifs is 1. The maximum absolute atomic E-state index is 5.74. The number of alkyl halides is 1. The minimum atomic E-state index is 0.429. The zero-order valence-corrected chi connectivity index (χ0v) is 13.3. The second kappa shape index (κ2) is 7.17. The van der Waals surface area contributed by atoms with Gasteiger partial charge < -0.3 is 9.64 Å². The Hall–Kier alpha value is -0.220. The first kappa shape index (κ1) is 14.7. The van der Waals surface area contributed by atoms with E-state index in [0.717, 1.165) is 18.1 Å². The van der Waals surface area contributed by atoms with Gasteiger partial charge in [-0.25, -0.2) is 0 Å². The molecular weight excluding hydrogens is 290 g/mol. The van der Waals surface area contributed by atoms with Crippen LogP contribution in [0.15, 0.2) is 29.2 Å². The van der Waals surface area contributed by atoms with Gasteiger partial charge in [-0.1, -0.05) is 18.2 Å². The summed E-state index contributed by atoms with van der Waals surface area (Å²) in [6, 6.07) is 8.83. The van der Waals surface area contributed by atoms with E-state index in [0.29, 0.717) is 18.6 Å². The lowest BCUT2D eigenvalue weighted by Crippen LogP contribution is -2.40. The molecule has 3 rings (SSSR count). The summed E-state index contributed by atoms with van der Waals surface area (Å²) in [6.07, 6.45) is 3.96. The largest absolute Gasteiger partial charge is 0.377 e. The first-order valence-electron chi connectivity index (χ1n) is 7.49. The van der Waals surface area contributed by atoms with Gasteiger partial charge in [-0.2, -0.15) is 0 Å². The van der Waals surface area contributed by atoms with Gasteiger partial charge >= 0.3 is 0 Å². The van der Waals surface area contributed by atoms with Crippen molar-refractivity contribution in [2.75, 3.05) is 32.1 Å². The van der Waals surface area contributed by atoms with Crippen molar-refractivity contribution in [1.29, 1.82) is 0 Å². The van der Waals surface area contributed by atoms with Crippen LogP contribution in [0.5, 0.6) is 0 Å². The average molecular weight is 312 g/mol. The highest BCUT2D eigenvalue weighted by atomic mass is 35.5. The molecule has 1 atom stereocenters. The molecular formula is C16H22ClNOS. The molecule has 1 aromatic carbocycles. The van der Waals surface area contributed by atoms with Crippen molar-refractivity contribution in [3.63, 3.8) is 0 Å². The fourth-order valence-electron chi connectivity index (χ4n) is 3.11. The molecule has 1 fully saturated rings. The third kappa shape index (κ3) is 3.70. The van der Waals surface area contributed by atoms with E-state index in [1.54, 1.807) is 0 Å². The highest BCUT2D eigenvalue weighted by Crippen LogP contribution is 2.37. The van der Waals surface area contributed by atoms with E-state index in [2.05, 4.69) is 40.9 Å². The molecule has 2 aliphatic heterocycles. The summed E-state index contributed by atoms with van der Waals surface area (Å²) in [5, 5.41) is 0.729. The number of hydrogen-bond donors (Lipinski definition) is 0. The van der Waals surface area contributed by atoms with Crippen LogP contribution >= 0.6 is 23.4 Å². The van der Waals surface area contributed by atoms with Crippen molar-refractivity contribution in [3.8, 4) is 0 Å². The summed E-state index contributed by atoms with van der Waals surface area (Å²) in [5.41, 5.74) is 1.53. The van der Waals surface area contributed by atoms with Gasteiger partial charge in [-0.3, -0.25) is 0 Å².